The number of rotatable bonds is 4. The fraction of sp³-hybridized carbons (Fsp3) is 0. The standard InChI is InChI=1S/C38H24O/c1-4-13-25(14-5-1)34-28-19-10-11-20-29(28)35(26-15-6-2-7-16-26)38-32-23-24-33(39-27-17-8-3-9-18-27)30-21-12-22-31(36(30)32)37(34)38/h1-24H. The maximum Gasteiger partial charge on any atom is 0.135 e. The molecule has 0 N–H and O–H groups in total. The highest BCUT2D eigenvalue weighted by Crippen LogP contribution is 2.58. The van der Waals surface area contributed by atoms with Crippen LogP contribution >= 0.6 is 0 Å². The zero-order valence-corrected chi connectivity index (χ0v) is 21.3. The van der Waals surface area contributed by atoms with Gasteiger partial charge in [0.1, 0.15) is 11.5 Å². The van der Waals surface area contributed by atoms with Gasteiger partial charge in [-0.05, 0) is 79.5 Å². The first-order valence-electron chi connectivity index (χ1n) is 13.4. The van der Waals surface area contributed by atoms with Crippen LogP contribution in [-0.4, -0.2) is 0 Å². The molecule has 1 aliphatic carbocycles. The van der Waals surface area contributed by atoms with Gasteiger partial charge in [-0.1, -0.05) is 121 Å². The molecule has 0 radical (unpaired) electrons. The first-order valence-corrected chi connectivity index (χ1v) is 13.4. The van der Waals surface area contributed by atoms with Crippen LogP contribution in [0.5, 0.6) is 11.5 Å². The average Bonchev–Trinajstić information content (AvgIpc) is 3.33. The van der Waals surface area contributed by atoms with Crippen LogP contribution in [0, 0.1) is 0 Å². The van der Waals surface area contributed by atoms with Gasteiger partial charge in [-0.15, -0.1) is 0 Å². The van der Waals surface area contributed by atoms with Gasteiger partial charge in [-0.2, -0.15) is 0 Å². The highest BCUT2D eigenvalue weighted by molar-refractivity contribution is 6.28. The van der Waals surface area contributed by atoms with Crippen molar-refractivity contribution in [2.45, 2.75) is 0 Å². The normalized spacial score (nSPS) is 11.6. The molecule has 0 fully saturated rings. The summed E-state index contributed by atoms with van der Waals surface area (Å²) in [6.07, 6.45) is 0. The largest absolute Gasteiger partial charge is 0.457 e. The smallest absolute Gasteiger partial charge is 0.135 e. The van der Waals surface area contributed by atoms with Crippen molar-refractivity contribution >= 4 is 21.5 Å². The minimum Gasteiger partial charge on any atom is -0.457 e. The van der Waals surface area contributed by atoms with Crippen LogP contribution in [0.3, 0.4) is 0 Å². The molecule has 1 aliphatic rings. The number of hydrogen-bond acceptors (Lipinski definition) is 1. The predicted octanol–water partition coefficient (Wildman–Crippen LogP) is 10.8. The predicted molar refractivity (Wildman–Crippen MR) is 163 cm³/mol. The lowest BCUT2D eigenvalue weighted by Crippen LogP contribution is -1.93. The summed E-state index contributed by atoms with van der Waals surface area (Å²) in [6, 6.07) is 51.6. The number of fused-ring (bicyclic) bond motifs is 4. The summed E-state index contributed by atoms with van der Waals surface area (Å²) in [5, 5.41) is 4.93. The first kappa shape index (κ1) is 21.9. The molecule has 0 heterocycles. The molecule has 0 spiro atoms. The summed E-state index contributed by atoms with van der Waals surface area (Å²) < 4.78 is 6.44. The zero-order chi connectivity index (χ0) is 25.8. The lowest BCUT2D eigenvalue weighted by atomic mass is 9.82. The third-order valence-corrected chi connectivity index (χ3v) is 7.85. The van der Waals surface area contributed by atoms with E-state index in [-0.39, 0.29) is 0 Å². The van der Waals surface area contributed by atoms with E-state index in [0.717, 1.165) is 16.9 Å². The monoisotopic (exact) mass is 496 g/mol. The Morgan fingerprint density at radius 1 is 0.333 bits per heavy atom. The van der Waals surface area contributed by atoms with Crippen molar-refractivity contribution in [1.29, 1.82) is 0 Å². The molecule has 0 bridgehead atoms. The quantitative estimate of drug-likeness (QED) is 0.235. The van der Waals surface area contributed by atoms with Gasteiger partial charge in [0.05, 0.1) is 0 Å². The van der Waals surface area contributed by atoms with Crippen LogP contribution in [0.15, 0.2) is 146 Å². The Morgan fingerprint density at radius 2 is 0.821 bits per heavy atom. The number of para-hydroxylation sites is 1. The van der Waals surface area contributed by atoms with E-state index < -0.39 is 0 Å². The highest BCUT2D eigenvalue weighted by Gasteiger charge is 2.31. The van der Waals surface area contributed by atoms with E-state index in [1.807, 2.05) is 30.3 Å². The first-order chi connectivity index (χ1) is 19.4. The third kappa shape index (κ3) is 3.34. The highest BCUT2D eigenvalue weighted by atomic mass is 16.5. The van der Waals surface area contributed by atoms with Gasteiger partial charge in [0.2, 0.25) is 0 Å². The molecule has 0 unspecified atom stereocenters. The lowest BCUT2D eigenvalue weighted by Gasteiger charge is -2.20. The zero-order valence-electron chi connectivity index (χ0n) is 21.3. The minimum absolute atomic E-state index is 0.842. The van der Waals surface area contributed by atoms with Crippen molar-refractivity contribution in [2.24, 2.45) is 0 Å². The molecule has 39 heavy (non-hydrogen) atoms. The van der Waals surface area contributed by atoms with Crippen molar-refractivity contribution in [3.8, 4) is 56.0 Å². The molecular weight excluding hydrogens is 472 g/mol. The second-order valence-electron chi connectivity index (χ2n) is 10.0. The molecule has 1 nitrogen and oxygen atoms in total. The van der Waals surface area contributed by atoms with Gasteiger partial charge in [0.15, 0.2) is 0 Å². The Morgan fingerprint density at radius 3 is 1.41 bits per heavy atom. The topological polar surface area (TPSA) is 9.23 Å². The summed E-state index contributed by atoms with van der Waals surface area (Å²) in [5.41, 5.74) is 10.2. The number of benzene rings is 7. The van der Waals surface area contributed by atoms with Crippen molar-refractivity contribution in [3.63, 3.8) is 0 Å². The summed E-state index contributed by atoms with van der Waals surface area (Å²) in [5.74, 6) is 1.72. The van der Waals surface area contributed by atoms with E-state index in [9.17, 15) is 0 Å². The molecular formula is C38H24O. The summed E-state index contributed by atoms with van der Waals surface area (Å²) in [6.45, 7) is 0. The number of hydrogen-bond donors (Lipinski definition) is 0. The summed E-state index contributed by atoms with van der Waals surface area (Å²) in [7, 11) is 0. The second-order valence-corrected chi connectivity index (χ2v) is 10.0. The molecule has 8 rings (SSSR count). The molecule has 0 atom stereocenters. The van der Waals surface area contributed by atoms with E-state index in [0.29, 0.717) is 0 Å². The molecule has 0 amide bonds. The summed E-state index contributed by atoms with van der Waals surface area (Å²) in [4.78, 5) is 0. The second kappa shape index (κ2) is 8.72. The summed E-state index contributed by atoms with van der Waals surface area (Å²) >= 11 is 0. The molecule has 0 aromatic heterocycles. The van der Waals surface area contributed by atoms with Crippen LogP contribution in [0.2, 0.25) is 0 Å². The van der Waals surface area contributed by atoms with E-state index in [1.54, 1.807) is 0 Å². The van der Waals surface area contributed by atoms with E-state index in [4.69, 9.17) is 4.74 Å². The third-order valence-electron chi connectivity index (χ3n) is 7.85. The molecule has 1 heteroatoms. The molecule has 0 saturated heterocycles. The maximum atomic E-state index is 6.44. The molecule has 182 valence electrons. The fourth-order valence-electron chi connectivity index (χ4n) is 6.29. The van der Waals surface area contributed by atoms with E-state index in [2.05, 4.69) is 115 Å². The Labute approximate surface area is 227 Å². The Hall–Kier alpha value is -5.14. The van der Waals surface area contributed by atoms with Crippen molar-refractivity contribution in [1.82, 2.24) is 0 Å². The SMILES string of the molecule is c1ccc(Oc2ccc3c4c(cccc24)-c2c-3c(-c3ccccc3)c3ccccc3c2-c2ccccc2)cc1. The van der Waals surface area contributed by atoms with E-state index >= 15 is 0 Å². The van der Waals surface area contributed by atoms with Crippen LogP contribution < -0.4 is 4.74 Å². The number of ether oxygens (including phenoxy) is 1. The Balaban J connectivity index is 1.52. The van der Waals surface area contributed by atoms with Gasteiger partial charge in [-0.25, -0.2) is 0 Å². The Bertz CT molecular complexity index is 1910. The van der Waals surface area contributed by atoms with Crippen molar-refractivity contribution in [3.05, 3.63) is 146 Å². The van der Waals surface area contributed by atoms with Crippen LogP contribution in [0.4, 0.5) is 0 Å². The van der Waals surface area contributed by atoms with Gasteiger partial charge in [0, 0.05) is 10.8 Å². The van der Waals surface area contributed by atoms with Gasteiger partial charge < -0.3 is 4.74 Å². The van der Waals surface area contributed by atoms with Gasteiger partial charge >= 0.3 is 0 Å². The lowest BCUT2D eigenvalue weighted by molar-refractivity contribution is 0.488. The minimum atomic E-state index is 0.842. The average molecular weight is 497 g/mol. The van der Waals surface area contributed by atoms with Crippen molar-refractivity contribution in [2.75, 3.05) is 0 Å². The molecule has 7 aromatic rings. The molecule has 7 aromatic carbocycles. The van der Waals surface area contributed by atoms with Crippen LogP contribution in [0.25, 0.3) is 66.1 Å². The molecule has 0 aliphatic heterocycles. The van der Waals surface area contributed by atoms with Crippen molar-refractivity contribution < 1.29 is 4.74 Å². The fourth-order valence-corrected chi connectivity index (χ4v) is 6.29. The van der Waals surface area contributed by atoms with Crippen LogP contribution in [-0.2, 0) is 0 Å². The molecule has 0 saturated carbocycles. The van der Waals surface area contributed by atoms with Crippen LogP contribution in [0.1, 0.15) is 0 Å². The Kier molecular flexibility index (Phi) is 4.89. The van der Waals surface area contributed by atoms with Gasteiger partial charge in [0.25, 0.3) is 0 Å². The van der Waals surface area contributed by atoms with E-state index in [1.165, 1.54) is 60.7 Å². The maximum absolute atomic E-state index is 6.44. The van der Waals surface area contributed by atoms with Gasteiger partial charge in [-0.3, -0.25) is 0 Å².